The molecule has 0 aromatic rings. The first-order valence-corrected chi connectivity index (χ1v) is 12.1. The van der Waals surface area contributed by atoms with Crippen LogP contribution in [0.5, 0.6) is 0 Å². The zero-order valence-corrected chi connectivity index (χ0v) is 20.3. The van der Waals surface area contributed by atoms with Gasteiger partial charge >= 0.3 is 0 Å². The number of rotatable bonds is 5. The SMILES string of the molecule is CC(C)(O)C(=O)C1CCC(C2(C)CC(C)(C)C3CC(C(=O)C(C)(C)O)CCC32)CC1. The number of fused-ring (bicyclic) bond motifs is 1. The van der Waals surface area contributed by atoms with Gasteiger partial charge in [-0.15, -0.1) is 0 Å². The second-order valence-electron chi connectivity index (χ2n) is 12.8. The molecule has 0 aromatic heterocycles. The number of hydrogen-bond donors (Lipinski definition) is 2. The van der Waals surface area contributed by atoms with E-state index in [9.17, 15) is 19.8 Å². The summed E-state index contributed by atoms with van der Waals surface area (Å²) in [6.45, 7) is 13.7. The molecule has 3 aliphatic carbocycles. The molecule has 0 spiro atoms. The van der Waals surface area contributed by atoms with E-state index in [2.05, 4.69) is 20.8 Å². The fourth-order valence-electron chi connectivity index (χ4n) is 7.77. The Hall–Kier alpha value is -0.740. The van der Waals surface area contributed by atoms with Gasteiger partial charge in [-0.25, -0.2) is 0 Å². The van der Waals surface area contributed by atoms with Crippen molar-refractivity contribution in [3.05, 3.63) is 0 Å². The molecule has 0 bridgehead atoms. The molecule has 0 aliphatic heterocycles. The molecule has 172 valence electrons. The summed E-state index contributed by atoms with van der Waals surface area (Å²) in [5.41, 5.74) is -2.03. The average molecular weight is 421 g/mol. The van der Waals surface area contributed by atoms with Gasteiger partial charge in [-0.3, -0.25) is 9.59 Å². The van der Waals surface area contributed by atoms with Gasteiger partial charge in [-0.1, -0.05) is 20.8 Å². The molecule has 0 saturated heterocycles. The van der Waals surface area contributed by atoms with Crippen LogP contribution in [-0.2, 0) is 9.59 Å². The minimum atomic E-state index is -1.24. The molecule has 2 N–H and O–H groups in total. The van der Waals surface area contributed by atoms with Crippen molar-refractivity contribution in [2.45, 2.75) is 111 Å². The standard InChI is InChI=1S/C26H44O4/c1-23(2)15-26(7,18-11-8-16(9-12-18)21(27)24(3,4)29)19-13-10-17(14-20(19)23)22(28)25(5,6)30/h16-20,29-30H,8-15H2,1-7H3. The Labute approximate surface area is 183 Å². The number of Topliss-reactive ketones (excluding diaryl/α,β-unsaturated/α-hetero) is 2. The average Bonchev–Trinajstić information content (AvgIpc) is 2.85. The summed E-state index contributed by atoms with van der Waals surface area (Å²) < 4.78 is 0. The minimum Gasteiger partial charge on any atom is -0.383 e. The van der Waals surface area contributed by atoms with E-state index in [4.69, 9.17) is 0 Å². The molecular formula is C26H44O4. The van der Waals surface area contributed by atoms with Gasteiger partial charge in [0.15, 0.2) is 11.6 Å². The van der Waals surface area contributed by atoms with E-state index in [-0.39, 0.29) is 34.2 Å². The number of ketones is 2. The third-order valence-electron chi connectivity index (χ3n) is 9.15. The van der Waals surface area contributed by atoms with Crippen LogP contribution >= 0.6 is 0 Å². The quantitative estimate of drug-likeness (QED) is 0.660. The van der Waals surface area contributed by atoms with E-state index in [1.807, 2.05) is 0 Å². The predicted octanol–water partition coefficient (Wildman–Crippen LogP) is 4.94. The van der Waals surface area contributed by atoms with Gasteiger partial charge in [0.05, 0.1) is 0 Å². The third-order valence-corrected chi connectivity index (χ3v) is 9.15. The summed E-state index contributed by atoms with van der Waals surface area (Å²) in [4.78, 5) is 25.3. The molecule has 3 aliphatic rings. The number of hydrogen-bond acceptors (Lipinski definition) is 4. The Morgan fingerprint density at radius 3 is 1.70 bits per heavy atom. The predicted molar refractivity (Wildman–Crippen MR) is 119 cm³/mol. The first kappa shape index (κ1) is 23.9. The van der Waals surface area contributed by atoms with Crippen LogP contribution in [0.3, 0.4) is 0 Å². The molecule has 4 unspecified atom stereocenters. The molecule has 0 amide bonds. The molecule has 3 rings (SSSR count). The Morgan fingerprint density at radius 2 is 1.20 bits per heavy atom. The third kappa shape index (κ3) is 4.28. The lowest BCUT2D eigenvalue weighted by Gasteiger charge is -2.47. The van der Waals surface area contributed by atoms with Gasteiger partial charge in [-0.2, -0.15) is 0 Å². The lowest BCUT2D eigenvalue weighted by atomic mass is 9.58. The molecule has 4 heteroatoms. The summed E-state index contributed by atoms with van der Waals surface area (Å²) in [5, 5.41) is 20.4. The first-order chi connectivity index (χ1) is 13.6. The maximum Gasteiger partial charge on any atom is 0.166 e. The van der Waals surface area contributed by atoms with Crippen molar-refractivity contribution in [3.8, 4) is 0 Å². The summed E-state index contributed by atoms with van der Waals surface area (Å²) in [7, 11) is 0. The van der Waals surface area contributed by atoms with Crippen LogP contribution in [0.15, 0.2) is 0 Å². The number of aliphatic hydroxyl groups is 2. The van der Waals surface area contributed by atoms with E-state index in [1.165, 1.54) is 6.42 Å². The normalized spacial score (nSPS) is 39.4. The fourth-order valence-corrected chi connectivity index (χ4v) is 7.77. The van der Waals surface area contributed by atoms with Crippen LogP contribution < -0.4 is 0 Å². The van der Waals surface area contributed by atoms with Gasteiger partial charge < -0.3 is 10.2 Å². The van der Waals surface area contributed by atoms with Crippen LogP contribution in [0.2, 0.25) is 0 Å². The Balaban J connectivity index is 1.72. The van der Waals surface area contributed by atoms with Crippen molar-refractivity contribution in [1.82, 2.24) is 0 Å². The van der Waals surface area contributed by atoms with Crippen molar-refractivity contribution >= 4 is 11.6 Å². The molecule has 3 saturated carbocycles. The molecule has 30 heavy (non-hydrogen) atoms. The highest BCUT2D eigenvalue weighted by molar-refractivity contribution is 5.88. The smallest absolute Gasteiger partial charge is 0.166 e. The largest absolute Gasteiger partial charge is 0.383 e. The summed E-state index contributed by atoms with van der Waals surface area (Å²) in [6.07, 6.45) is 7.95. The maximum absolute atomic E-state index is 12.8. The van der Waals surface area contributed by atoms with Crippen LogP contribution in [0.1, 0.15) is 99.8 Å². The van der Waals surface area contributed by atoms with Crippen LogP contribution in [0, 0.1) is 40.4 Å². The van der Waals surface area contributed by atoms with Gasteiger partial charge in [0, 0.05) is 11.8 Å². The Kier molecular flexibility index (Phi) is 6.13. The van der Waals surface area contributed by atoms with Gasteiger partial charge in [-0.05, 0) is 108 Å². The van der Waals surface area contributed by atoms with Crippen LogP contribution in [0.25, 0.3) is 0 Å². The first-order valence-electron chi connectivity index (χ1n) is 12.1. The van der Waals surface area contributed by atoms with Crippen LogP contribution in [0.4, 0.5) is 0 Å². The van der Waals surface area contributed by atoms with Crippen molar-refractivity contribution in [3.63, 3.8) is 0 Å². The molecule has 4 atom stereocenters. The van der Waals surface area contributed by atoms with Crippen molar-refractivity contribution in [2.75, 3.05) is 0 Å². The molecular weight excluding hydrogens is 376 g/mol. The Morgan fingerprint density at radius 1 is 0.733 bits per heavy atom. The maximum atomic E-state index is 12.8. The molecule has 0 radical (unpaired) electrons. The molecule has 3 fully saturated rings. The topological polar surface area (TPSA) is 74.6 Å². The van der Waals surface area contributed by atoms with Gasteiger partial charge in [0.2, 0.25) is 0 Å². The second kappa shape index (κ2) is 7.69. The van der Waals surface area contributed by atoms with E-state index < -0.39 is 11.2 Å². The highest BCUT2D eigenvalue weighted by Crippen LogP contribution is 2.66. The van der Waals surface area contributed by atoms with Gasteiger partial charge in [0.1, 0.15) is 11.2 Å². The van der Waals surface area contributed by atoms with Crippen molar-refractivity contribution in [1.29, 1.82) is 0 Å². The molecule has 4 nitrogen and oxygen atoms in total. The number of carbonyl (C=O) groups excluding carboxylic acids is 2. The monoisotopic (exact) mass is 420 g/mol. The lowest BCUT2D eigenvalue weighted by molar-refractivity contribution is -0.141. The Bertz CT molecular complexity index is 672. The molecule has 0 heterocycles. The van der Waals surface area contributed by atoms with E-state index in [0.29, 0.717) is 17.8 Å². The summed E-state index contributed by atoms with van der Waals surface area (Å²) in [5.74, 6) is 1.73. The molecule has 0 aromatic carbocycles. The zero-order chi connectivity index (χ0) is 22.7. The van der Waals surface area contributed by atoms with E-state index in [0.717, 1.165) is 44.9 Å². The van der Waals surface area contributed by atoms with Crippen molar-refractivity contribution in [2.24, 2.45) is 40.4 Å². The highest BCUT2D eigenvalue weighted by Gasteiger charge is 2.59. The van der Waals surface area contributed by atoms with E-state index in [1.54, 1.807) is 27.7 Å². The minimum absolute atomic E-state index is 0.00127. The highest BCUT2D eigenvalue weighted by atomic mass is 16.3. The van der Waals surface area contributed by atoms with Crippen LogP contribution in [-0.4, -0.2) is 33.0 Å². The zero-order valence-electron chi connectivity index (χ0n) is 20.3. The van der Waals surface area contributed by atoms with E-state index >= 15 is 0 Å². The van der Waals surface area contributed by atoms with Crippen molar-refractivity contribution < 1.29 is 19.8 Å². The number of carbonyl (C=O) groups is 2. The van der Waals surface area contributed by atoms with Gasteiger partial charge in [0.25, 0.3) is 0 Å². The fraction of sp³-hybridized carbons (Fsp3) is 0.923. The summed E-state index contributed by atoms with van der Waals surface area (Å²) in [6, 6.07) is 0. The summed E-state index contributed by atoms with van der Waals surface area (Å²) >= 11 is 0. The lowest BCUT2D eigenvalue weighted by Crippen LogP contribution is -2.44. The second-order valence-corrected chi connectivity index (χ2v) is 12.8.